The summed E-state index contributed by atoms with van der Waals surface area (Å²) in [5.41, 5.74) is 0.899. The highest BCUT2D eigenvalue weighted by molar-refractivity contribution is 7.99. The Bertz CT molecular complexity index is 1170. The number of carbonyl (C=O) groups is 1. The van der Waals surface area contributed by atoms with Crippen LogP contribution in [0.4, 0.5) is 10.6 Å². The van der Waals surface area contributed by atoms with Crippen molar-refractivity contribution < 1.29 is 14.3 Å². The molecule has 186 valence electrons. The van der Waals surface area contributed by atoms with E-state index in [-0.39, 0.29) is 29.9 Å². The Labute approximate surface area is 209 Å². The van der Waals surface area contributed by atoms with Gasteiger partial charge in [-0.25, -0.2) is 9.59 Å². The molecule has 1 fully saturated rings. The van der Waals surface area contributed by atoms with Gasteiger partial charge >= 0.3 is 11.8 Å². The minimum Gasteiger partial charge on any atom is -0.444 e. The first-order valence-corrected chi connectivity index (χ1v) is 12.9. The lowest BCUT2D eigenvalue weighted by atomic mass is 10.1. The number of aryl methyl sites for hydroxylation is 1. The summed E-state index contributed by atoms with van der Waals surface area (Å²) < 4.78 is 12.8. The van der Waals surface area contributed by atoms with E-state index >= 15 is 0 Å². The van der Waals surface area contributed by atoms with Gasteiger partial charge in [-0.05, 0) is 53.2 Å². The number of benzene rings is 1. The molecule has 0 radical (unpaired) electrons. The maximum Gasteiger partial charge on any atom is 0.410 e. The Kier molecular flexibility index (Phi) is 6.83. The molecule has 4 rings (SSSR count). The highest BCUT2D eigenvalue weighted by Gasteiger charge is 2.37. The molecule has 1 aromatic heterocycles. The van der Waals surface area contributed by atoms with Gasteiger partial charge in [0.2, 0.25) is 0 Å². The lowest BCUT2D eigenvalue weighted by Crippen LogP contribution is -2.60. The van der Waals surface area contributed by atoms with Crippen molar-refractivity contribution in [3.63, 3.8) is 0 Å². The smallest absolute Gasteiger partial charge is 0.410 e. The van der Waals surface area contributed by atoms with Gasteiger partial charge in [0.15, 0.2) is 0 Å². The van der Waals surface area contributed by atoms with E-state index in [0.717, 1.165) is 21.4 Å². The first kappa shape index (κ1) is 25.1. The van der Waals surface area contributed by atoms with E-state index in [1.165, 1.54) is 0 Å². The van der Waals surface area contributed by atoms with Gasteiger partial charge < -0.3 is 14.4 Å². The first-order chi connectivity index (χ1) is 15.9. The number of amides is 1. The molecular weight excluding hydrogens is 476 g/mol. The van der Waals surface area contributed by atoms with Crippen LogP contribution in [-0.2, 0) is 9.47 Å². The van der Waals surface area contributed by atoms with E-state index in [4.69, 9.17) is 21.1 Å². The molecule has 0 saturated carbocycles. The fourth-order valence-electron chi connectivity index (χ4n) is 4.91. The van der Waals surface area contributed by atoms with Crippen LogP contribution in [0.15, 0.2) is 15.8 Å². The lowest BCUT2D eigenvalue weighted by molar-refractivity contribution is 0.00562. The van der Waals surface area contributed by atoms with Crippen LogP contribution in [-0.4, -0.2) is 70.8 Å². The maximum absolute atomic E-state index is 13.3. The molecule has 1 amide bonds. The van der Waals surface area contributed by atoms with Crippen molar-refractivity contribution in [3.05, 3.63) is 27.1 Å². The van der Waals surface area contributed by atoms with Crippen LogP contribution in [0.2, 0.25) is 5.02 Å². The third kappa shape index (κ3) is 4.50. The summed E-state index contributed by atoms with van der Waals surface area (Å²) in [6.45, 7) is 13.1. The molecule has 1 aromatic carbocycles. The normalized spacial score (nSPS) is 22.9. The van der Waals surface area contributed by atoms with Gasteiger partial charge in [-0.2, -0.15) is 4.98 Å². The van der Waals surface area contributed by atoms with Gasteiger partial charge in [-0.1, -0.05) is 11.6 Å². The van der Waals surface area contributed by atoms with Crippen molar-refractivity contribution in [1.82, 2.24) is 14.5 Å². The number of piperazine rings is 1. The number of methoxy groups -OCH3 is 1. The van der Waals surface area contributed by atoms with Crippen molar-refractivity contribution in [3.8, 4) is 0 Å². The Morgan fingerprint density at radius 3 is 2.50 bits per heavy atom. The second-order valence-corrected chi connectivity index (χ2v) is 11.6. The number of thioether (sulfide) groups is 1. The lowest BCUT2D eigenvalue weighted by Gasteiger charge is -2.45. The molecular formula is C24H33ClN4O4S. The monoisotopic (exact) mass is 508 g/mol. The molecule has 0 aliphatic carbocycles. The summed E-state index contributed by atoms with van der Waals surface area (Å²) in [4.78, 5) is 35.5. The van der Waals surface area contributed by atoms with Crippen molar-refractivity contribution in [1.29, 1.82) is 0 Å². The summed E-state index contributed by atoms with van der Waals surface area (Å²) in [6.07, 6.45) is -0.321. The molecule has 8 nitrogen and oxygen atoms in total. The second kappa shape index (κ2) is 9.24. The average Bonchev–Trinajstić information content (AvgIpc) is 2.72. The molecule has 2 aliphatic heterocycles. The Balaban J connectivity index is 1.78. The molecule has 0 spiro atoms. The number of aromatic nitrogens is 2. The molecule has 34 heavy (non-hydrogen) atoms. The zero-order valence-corrected chi connectivity index (χ0v) is 22.4. The number of ether oxygens (including phenoxy) is 2. The highest BCUT2D eigenvalue weighted by atomic mass is 35.5. The third-order valence-corrected chi connectivity index (χ3v) is 8.07. The SMILES string of the molecule is COC[C@H]1CSc2c(Cl)c(C)cc3c(N4C[C@@H](C)N(C(=O)OC(C)(C)C)[C@@H](C)C4)nc(=O)n1c23. The third-order valence-electron chi connectivity index (χ3n) is 6.23. The average molecular weight is 509 g/mol. The zero-order chi connectivity index (χ0) is 24.9. The fraction of sp³-hybridized carbons (Fsp3) is 0.625. The van der Waals surface area contributed by atoms with E-state index in [1.54, 1.807) is 28.3 Å². The summed E-state index contributed by atoms with van der Waals surface area (Å²) in [7, 11) is 1.64. The molecule has 10 heteroatoms. The molecule has 0 unspecified atom stereocenters. The number of anilines is 1. The fourth-order valence-corrected chi connectivity index (χ4v) is 6.46. The van der Waals surface area contributed by atoms with Gasteiger partial charge in [-0.15, -0.1) is 11.8 Å². The number of carbonyl (C=O) groups excluding carboxylic acids is 1. The predicted molar refractivity (Wildman–Crippen MR) is 137 cm³/mol. The van der Waals surface area contributed by atoms with Gasteiger partial charge in [0.05, 0.1) is 40.2 Å². The highest BCUT2D eigenvalue weighted by Crippen LogP contribution is 2.44. The minimum atomic E-state index is -0.562. The first-order valence-electron chi connectivity index (χ1n) is 11.6. The van der Waals surface area contributed by atoms with E-state index in [9.17, 15) is 9.59 Å². The van der Waals surface area contributed by atoms with Gasteiger partial charge in [0, 0.05) is 31.3 Å². The van der Waals surface area contributed by atoms with Crippen LogP contribution in [0.25, 0.3) is 10.9 Å². The predicted octanol–water partition coefficient (Wildman–Crippen LogP) is 4.49. The van der Waals surface area contributed by atoms with Crippen molar-refractivity contribution in [2.45, 2.75) is 70.2 Å². The van der Waals surface area contributed by atoms with Crippen LogP contribution >= 0.6 is 23.4 Å². The molecule has 3 atom stereocenters. The standard InChI is InChI=1S/C24H33ClN4O4S/c1-13-8-17-19-20(18(13)25)34-12-16(11-32-7)29(19)22(30)26-21(17)27-9-14(2)28(15(3)10-27)23(31)33-24(4,5)6/h8,14-16H,9-12H2,1-7H3/t14-,15+,16-/m0/s1. The van der Waals surface area contributed by atoms with Gasteiger partial charge in [0.25, 0.3) is 0 Å². The van der Waals surface area contributed by atoms with Crippen LogP contribution in [0, 0.1) is 6.92 Å². The molecule has 2 aromatic rings. The Morgan fingerprint density at radius 2 is 1.91 bits per heavy atom. The van der Waals surface area contributed by atoms with E-state index in [2.05, 4.69) is 9.88 Å². The molecule has 0 N–H and O–H groups in total. The summed E-state index contributed by atoms with van der Waals surface area (Å²) in [5.74, 6) is 1.33. The summed E-state index contributed by atoms with van der Waals surface area (Å²) in [5, 5.41) is 1.57. The Hall–Kier alpha value is -1.97. The van der Waals surface area contributed by atoms with Crippen molar-refractivity contribution >= 4 is 46.2 Å². The van der Waals surface area contributed by atoms with Crippen LogP contribution in [0.3, 0.4) is 0 Å². The number of hydrogen-bond donors (Lipinski definition) is 0. The number of hydrogen-bond acceptors (Lipinski definition) is 7. The van der Waals surface area contributed by atoms with Crippen LogP contribution in [0.5, 0.6) is 0 Å². The summed E-state index contributed by atoms with van der Waals surface area (Å²) in [6, 6.07) is 1.67. The van der Waals surface area contributed by atoms with E-state index < -0.39 is 5.60 Å². The minimum absolute atomic E-state index is 0.111. The summed E-state index contributed by atoms with van der Waals surface area (Å²) >= 11 is 8.34. The molecule has 0 bridgehead atoms. The van der Waals surface area contributed by atoms with Crippen LogP contribution < -0.4 is 10.6 Å². The zero-order valence-electron chi connectivity index (χ0n) is 20.8. The molecule has 1 saturated heterocycles. The molecule has 2 aliphatic rings. The number of halogens is 1. The second-order valence-electron chi connectivity index (χ2n) is 10.2. The van der Waals surface area contributed by atoms with E-state index in [0.29, 0.717) is 36.3 Å². The van der Waals surface area contributed by atoms with Gasteiger partial charge in [-0.3, -0.25) is 9.47 Å². The largest absolute Gasteiger partial charge is 0.444 e. The Morgan fingerprint density at radius 1 is 1.26 bits per heavy atom. The quantitative estimate of drug-likeness (QED) is 0.604. The molecule has 3 heterocycles. The number of rotatable bonds is 3. The van der Waals surface area contributed by atoms with Crippen LogP contribution in [0.1, 0.15) is 46.2 Å². The maximum atomic E-state index is 13.3. The van der Waals surface area contributed by atoms with Crippen molar-refractivity contribution in [2.75, 3.05) is 37.5 Å². The van der Waals surface area contributed by atoms with Crippen molar-refractivity contribution in [2.24, 2.45) is 0 Å². The number of nitrogens with zero attached hydrogens (tertiary/aromatic N) is 4. The van der Waals surface area contributed by atoms with E-state index in [1.807, 2.05) is 47.6 Å². The van der Waals surface area contributed by atoms with Gasteiger partial charge in [0.1, 0.15) is 11.4 Å². The topological polar surface area (TPSA) is 76.9 Å².